The van der Waals surface area contributed by atoms with E-state index in [2.05, 4.69) is 0 Å². The number of allylic oxidation sites excluding steroid dienone is 2. The SMILES string of the molecule is CSC1=C(N(C=N)Cc2ccc(F)c(F)c2)CCCC1. The van der Waals surface area contributed by atoms with E-state index in [4.69, 9.17) is 5.41 Å². The van der Waals surface area contributed by atoms with E-state index in [1.54, 1.807) is 17.8 Å². The van der Waals surface area contributed by atoms with Gasteiger partial charge in [0.2, 0.25) is 0 Å². The molecule has 0 aromatic heterocycles. The largest absolute Gasteiger partial charge is 0.331 e. The second-order valence-corrected chi connectivity index (χ2v) is 5.69. The van der Waals surface area contributed by atoms with Gasteiger partial charge in [0.15, 0.2) is 11.6 Å². The van der Waals surface area contributed by atoms with E-state index in [1.807, 2.05) is 11.2 Å². The molecule has 20 heavy (non-hydrogen) atoms. The van der Waals surface area contributed by atoms with Crippen molar-refractivity contribution >= 4 is 18.1 Å². The number of thioether (sulfide) groups is 1. The molecule has 0 heterocycles. The van der Waals surface area contributed by atoms with E-state index in [0.29, 0.717) is 12.1 Å². The lowest BCUT2D eigenvalue weighted by Crippen LogP contribution is -2.23. The van der Waals surface area contributed by atoms with Crippen molar-refractivity contribution in [3.8, 4) is 0 Å². The standard InChI is InChI=1S/C15H18F2N2S/c1-20-15-5-3-2-4-14(15)19(10-18)9-11-6-7-12(16)13(17)8-11/h6-8,10,18H,2-5,9H2,1H3. The van der Waals surface area contributed by atoms with Crippen molar-refractivity contribution in [1.29, 1.82) is 5.41 Å². The monoisotopic (exact) mass is 296 g/mol. The minimum atomic E-state index is -0.838. The molecule has 0 radical (unpaired) electrons. The summed E-state index contributed by atoms with van der Waals surface area (Å²) in [4.78, 5) is 3.12. The van der Waals surface area contributed by atoms with E-state index in [-0.39, 0.29) is 0 Å². The number of hydrogen-bond donors (Lipinski definition) is 1. The molecule has 0 spiro atoms. The van der Waals surface area contributed by atoms with Gasteiger partial charge in [-0.25, -0.2) is 8.78 Å². The van der Waals surface area contributed by atoms with Crippen LogP contribution in [0.4, 0.5) is 8.78 Å². The lowest BCUT2D eigenvalue weighted by molar-refractivity contribution is 0.460. The van der Waals surface area contributed by atoms with Gasteiger partial charge in [-0.15, -0.1) is 11.8 Å². The van der Waals surface area contributed by atoms with E-state index in [1.165, 1.54) is 23.7 Å². The van der Waals surface area contributed by atoms with Crippen LogP contribution in [0.25, 0.3) is 0 Å². The third-order valence-corrected chi connectivity index (χ3v) is 4.41. The number of nitrogens with zero attached hydrogens (tertiary/aromatic N) is 1. The zero-order valence-corrected chi connectivity index (χ0v) is 12.3. The van der Waals surface area contributed by atoms with Gasteiger partial charge in [-0.1, -0.05) is 6.07 Å². The maximum Gasteiger partial charge on any atom is 0.159 e. The second kappa shape index (κ2) is 6.88. The molecule has 0 saturated carbocycles. The van der Waals surface area contributed by atoms with Gasteiger partial charge < -0.3 is 4.90 Å². The van der Waals surface area contributed by atoms with Crippen molar-refractivity contribution < 1.29 is 8.78 Å². The van der Waals surface area contributed by atoms with Gasteiger partial charge in [0.25, 0.3) is 0 Å². The van der Waals surface area contributed by atoms with Gasteiger partial charge in [-0.2, -0.15) is 0 Å². The highest BCUT2D eigenvalue weighted by Gasteiger charge is 2.17. The van der Waals surface area contributed by atoms with Crippen LogP contribution in [0, 0.1) is 17.0 Å². The van der Waals surface area contributed by atoms with Crippen LogP contribution in [-0.2, 0) is 6.54 Å². The van der Waals surface area contributed by atoms with Crippen LogP contribution in [0.15, 0.2) is 28.8 Å². The molecule has 0 atom stereocenters. The fourth-order valence-electron chi connectivity index (χ4n) is 2.44. The molecular weight excluding hydrogens is 278 g/mol. The Morgan fingerprint density at radius 1 is 1.25 bits per heavy atom. The molecular formula is C15H18F2N2S. The zero-order valence-electron chi connectivity index (χ0n) is 11.5. The maximum absolute atomic E-state index is 13.3. The van der Waals surface area contributed by atoms with E-state index in [9.17, 15) is 8.78 Å². The Kier molecular flexibility index (Phi) is 5.17. The molecule has 108 valence electrons. The quantitative estimate of drug-likeness (QED) is 0.639. The lowest BCUT2D eigenvalue weighted by Gasteiger charge is -2.28. The lowest BCUT2D eigenvalue weighted by atomic mass is 10.0. The van der Waals surface area contributed by atoms with Gasteiger partial charge in [-0.3, -0.25) is 5.41 Å². The zero-order chi connectivity index (χ0) is 14.5. The summed E-state index contributed by atoms with van der Waals surface area (Å²) >= 11 is 1.71. The molecule has 1 aromatic carbocycles. The van der Waals surface area contributed by atoms with Crippen LogP contribution >= 0.6 is 11.8 Å². The number of rotatable bonds is 5. The van der Waals surface area contributed by atoms with Gasteiger partial charge in [0.1, 0.15) is 0 Å². The molecule has 0 unspecified atom stereocenters. The van der Waals surface area contributed by atoms with E-state index in [0.717, 1.165) is 31.0 Å². The number of nitrogens with one attached hydrogen (secondary N) is 1. The first kappa shape index (κ1) is 15.0. The van der Waals surface area contributed by atoms with E-state index < -0.39 is 11.6 Å². The molecule has 0 aliphatic heterocycles. The van der Waals surface area contributed by atoms with Crippen molar-refractivity contribution in [2.75, 3.05) is 6.26 Å². The summed E-state index contributed by atoms with van der Waals surface area (Å²) in [6.45, 7) is 0.403. The average molecular weight is 296 g/mol. The molecule has 0 fully saturated rings. The first-order valence-electron chi connectivity index (χ1n) is 6.63. The first-order valence-corrected chi connectivity index (χ1v) is 7.85. The molecule has 2 rings (SSSR count). The highest BCUT2D eigenvalue weighted by molar-refractivity contribution is 8.02. The molecule has 0 bridgehead atoms. The van der Waals surface area contributed by atoms with Crippen molar-refractivity contribution in [1.82, 2.24) is 4.90 Å². The summed E-state index contributed by atoms with van der Waals surface area (Å²) < 4.78 is 26.2. The summed E-state index contributed by atoms with van der Waals surface area (Å²) in [5.41, 5.74) is 1.81. The smallest absolute Gasteiger partial charge is 0.159 e. The Hall–Kier alpha value is -1.36. The van der Waals surface area contributed by atoms with Crippen molar-refractivity contribution in [2.45, 2.75) is 32.2 Å². The fourth-order valence-corrected chi connectivity index (χ4v) is 3.24. The van der Waals surface area contributed by atoms with Crippen molar-refractivity contribution in [3.05, 3.63) is 46.0 Å². The second-order valence-electron chi connectivity index (χ2n) is 4.79. The molecule has 2 nitrogen and oxygen atoms in total. The fraction of sp³-hybridized carbons (Fsp3) is 0.400. The molecule has 5 heteroatoms. The Balaban J connectivity index is 2.21. The predicted molar refractivity (Wildman–Crippen MR) is 79.7 cm³/mol. The molecule has 1 N–H and O–H groups in total. The Bertz CT molecular complexity index is 529. The highest BCUT2D eigenvalue weighted by atomic mass is 32.2. The van der Waals surface area contributed by atoms with Crippen LogP contribution in [-0.4, -0.2) is 17.5 Å². The van der Waals surface area contributed by atoms with Crippen LogP contribution in [0.2, 0.25) is 0 Å². The first-order chi connectivity index (χ1) is 9.65. The maximum atomic E-state index is 13.3. The Labute approximate surface area is 122 Å². The summed E-state index contributed by atoms with van der Waals surface area (Å²) in [5, 5.41) is 7.60. The third-order valence-electron chi connectivity index (χ3n) is 3.48. The number of benzene rings is 1. The molecule has 0 amide bonds. The topological polar surface area (TPSA) is 27.1 Å². The third kappa shape index (κ3) is 3.39. The predicted octanol–water partition coefficient (Wildman–Crippen LogP) is 4.52. The Morgan fingerprint density at radius 3 is 2.65 bits per heavy atom. The number of hydrogen-bond acceptors (Lipinski definition) is 2. The van der Waals surface area contributed by atoms with Gasteiger partial charge in [-0.05, 0) is 49.6 Å². The van der Waals surface area contributed by atoms with Crippen molar-refractivity contribution in [3.63, 3.8) is 0 Å². The molecule has 1 aromatic rings. The van der Waals surface area contributed by atoms with E-state index >= 15 is 0 Å². The van der Waals surface area contributed by atoms with Crippen LogP contribution in [0.3, 0.4) is 0 Å². The van der Waals surface area contributed by atoms with Gasteiger partial charge in [0.05, 0.1) is 6.34 Å². The summed E-state index contributed by atoms with van der Waals surface area (Å²) in [5.74, 6) is -1.67. The van der Waals surface area contributed by atoms with Gasteiger partial charge >= 0.3 is 0 Å². The highest BCUT2D eigenvalue weighted by Crippen LogP contribution is 2.33. The normalized spacial score (nSPS) is 15.3. The molecule has 1 aliphatic carbocycles. The molecule has 0 saturated heterocycles. The Morgan fingerprint density at radius 2 is 2.00 bits per heavy atom. The minimum Gasteiger partial charge on any atom is -0.331 e. The number of halogens is 2. The van der Waals surface area contributed by atoms with Crippen LogP contribution in [0.1, 0.15) is 31.2 Å². The van der Waals surface area contributed by atoms with Crippen LogP contribution in [0.5, 0.6) is 0 Å². The molecule has 1 aliphatic rings. The minimum absolute atomic E-state index is 0.403. The average Bonchev–Trinajstić information content (AvgIpc) is 2.48. The van der Waals surface area contributed by atoms with Gasteiger partial charge in [0, 0.05) is 17.1 Å². The summed E-state index contributed by atoms with van der Waals surface area (Å²) in [6.07, 6.45) is 7.59. The summed E-state index contributed by atoms with van der Waals surface area (Å²) in [7, 11) is 0. The van der Waals surface area contributed by atoms with Crippen molar-refractivity contribution in [2.24, 2.45) is 0 Å². The van der Waals surface area contributed by atoms with Crippen LogP contribution < -0.4 is 0 Å². The summed E-state index contributed by atoms with van der Waals surface area (Å²) in [6, 6.07) is 3.91.